The number of aldehydes is 1. The van der Waals surface area contributed by atoms with Crippen LogP contribution in [-0.2, 0) is 0 Å². The summed E-state index contributed by atoms with van der Waals surface area (Å²) < 4.78 is 0. The quantitative estimate of drug-likeness (QED) is 0.463. The van der Waals surface area contributed by atoms with E-state index < -0.39 is 0 Å². The summed E-state index contributed by atoms with van der Waals surface area (Å²) in [5.74, 6) is 0. The van der Waals surface area contributed by atoms with Crippen LogP contribution in [0.25, 0.3) is 4.85 Å². The predicted octanol–water partition coefficient (Wildman–Crippen LogP) is 2.70. The Morgan fingerprint density at radius 2 is 2.27 bits per heavy atom. The highest BCUT2D eigenvalue weighted by molar-refractivity contribution is 6.33. The summed E-state index contributed by atoms with van der Waals surface area (Å²) in [4.78, 5) is 13.5. The van der Waals surface area contributed by atoms with Gasteiger partial charge in [0.1, 0.15) is 6.29 Å². The second-order valence-corrected chi connectivity index (χ2v) is 2.34. The third kappa shape index (κ3) is 1.57. The van der Waals surface area contributed by atoms with E-state index in [2.05, 4.69) is 4.85 Å². The average molecular weight is 166 g/mol. The Bertz CT molecular complexity index is 327. The number of halogens is 1. The van der Waals surface area contributed by atoms with Crippen molar-refractivity contribution in [3.05, 3.63) is 40.2 Å². The minimum Gasteiger partial charge on any atom is -0.298 e. The normalized spacial score (nSPS) is 8.73. The molecule has 0 atom stereocenters. The van der Waals surface area contributed by atoms with Gasteiger partial charge >= 0.3 is 0 Å². The van der Waals surface area contributed by atoms with Crippen LogP contribution in [0, 0.1) is 6.57 Å². The Labute approximate surface area is 69.2 Å². The van der Waals surface area contributed by atoms with E-state index in [4.69, 9.17) is 18.2 Å². The Hall–Kier alpha value is -1.33. The lowest BCUT2D eigenvalue weighted by Crippen LogP contribution is -1.79. The third-order valence-corrected chi connectivity index (χ3v) is 1.58. The number of hydrogen-bond donors (Lipinski definition) is 0. The molecule has 0 unspecified atom stereocenters. The van der Waals surface area contributed by atoms with E-state index in [1.54, 1.807) is 12.1 Å². The van der Waals surface area contributed by atoms with E-state index in [-0.39, 0.29) is 0 Å². The lowest BCUT2D eigenvalue weighted by atomic mass is 10.2. The Morgan fingerprint density at radius 3 is 2.82 bits per heavy atom. The van der Waals surface area contributed by atoms with E-state index >= 15 is 0 Å². The largest absolute Gasteiger partial charge is 0.298 e. The molecule has 1 aromatic carbocycles. The summed E-state index contributed by atoms with van der Waals surface area (Å²) in [7, 11) is 0. The van der Waals surface area contributed by atoms with Gasteiger partial charge in [0.25, 0.3) is 0 Å². The Morgan fingerprint density at radius 1 is 1.55 bits per heavy atom. The first kappa shape index (κ1) is 7.77. The van der Waals surface area contributed by atoms with Gasteiger partial charge in [-0.1, -0.05) is 23.7 Å². The van der Waals surface area contributed by atoms with E-state index in [0.717, 1.165) is 0 Å². The van der Waals surface area contributed by atoms with Gasteiger partial charge in [-0.15, -0.1) is 0 Å². The van der Waals surface area contributed by atoms with Gasteiger partial charge in [-0.3, -0.25) is 4.79 Å². The van der Waals surface area contributed by atoms with Crippen molar-refractivity contribution < 1.29 is 4.79 Å². The molecule has 0 fully saturated rings. The van der Waals surface area contributed by atoms with Gasteiger partial charge < -0.3 is 0 Å². The molecule has 0 aromatic heterocycles. The summed E-state index contributed by atoms with van der Waals surface area (Å²) in [6.07, 6.45) is 0.636. The molecule has 0 amide bonds. The zero-order valence-corrected chi connectivity index (χ0v) is 6.30. The highest BCUT2D eigenvalue weighted by atomic mass is 35.5. The van der Waals surface area contributed by atoms with E-state index in [9.17, 15) is 4.79 Å². The molecule has 54 valence electrons. The fourth-order valence-electron chi connectivity index (χ4n) is 0.691. The molecule has 0 aliphatic rings. The van der Waals surface area contributed by atoms with Crippen LogP contribution in [0.15, 0.2) is 18.2 Å². The zero-order valence-electron chi connectivity index (χ0n) is 5.54. The Balaban J connectivity index is 3.25. The van der Waals surface area contributed by atoms with Crippen LogP contribution in [0.2, 0.25) is 5.02 Å². The number of rotatable bonds is 1. The van der Waals surface area contributed by atoms with Crippen LogP contribution < -0.4 is 0 Å². The molecule has 0 aliphatic heterocycles. The van der Waals surface area contributed by atoms with Gasteiger partial charge in [-0.25, -0.2) is 4.85 Å². The van der Waals surface area contributed by atoms with Crippen LogP contribution in [0.1, 0.15) is 10.4 Å². The van der Waals surface area contributed by atoms with Gasteiger partial charge in [0.15, 0.2) is 5.69 Å². The van der Waals surface area contributed by atoms with Crippen molar-refractivity contribution in [2.24, 2.45) is 0 Å². The molecule has 0 saturated heterocycles. The molecule has 11 heavy (non-hydrogen) atoms. The van der Waals surface area contributed by atoms with Crippen LogP contribution >= 0.6 is 11.6 Å². The van der Waals surface area contributed by atoms with Crippen molar-refractivity contribution in [3.63, 3.8) is 0 Å². The van der Waals surface area contributed by atoms with E-state index in [1.807, 2.05) is 0 Å². The maximum atomic E-state index is 10.3. The summed E-state index contributed by atoms with van der Waals surface area (Å²) in [6, 6.07) is 4.57. The first-order chi connectivity index (χ1) is 5.27. The minimum atomic E-state index is 0.361. The minimum absolute atomic E-state index is 0.361. The fraction of sp³-hybridized carbons (Fsp3) is 0. The smallest absolute Gasteiger partial charge is 0.188 e. The van der Waals surface area contributed by atoms with Crippen molar-refractivity contribution in [3.8, 4) is 0 Å². The molecule has 3 heteroatoms. The van der Waals surface area contributed by atoms with E-state index in [0.29, 0.717) is 22.6 Å². The molecule has 0 N–H and O–H groups in total. The van der Waals surface area contributed by atoms with Crippen LogP contribution in [0.5, 0.6) is 0 Å². The molecule has 0 saturated carbocycles. The lowest BCUT2D eigenvalue weighted by molar-refractivity contribution is 0.112. The molecule has 2 nitrogen and oxygen atoms in total. The topological polar surface area (TPSA) is 21.4 Å². The maximum absolute atomic E-state index is 10.3. The summed E-state index contributed by atoms with van der Waals surface area (Å²) in [5.41, 5.74) is 0.789. The monoisotopic (exact) mass is 165 g/mol. The van der Waals surface area contributed by atoms with Crippen LogP contribution in [-0.4, -0.2) is 6.29 Å². The van der Waals surface area contributed by atoms with Crippen molar-refractivity contribution in [2.75, 3.05) is 0 Å². The standard InChI is InChI=1S/C8H4ClNO/c1-10-7-2-3-8(9)6(4-7)5-11/h2-5H. The second kappa shape index (κ2) is 3.18. The summed E-state index contributed by atoms with van der Waals surface area (Å²) in [5, 5.41) is 0.382. The van der Waals surface area contributed by atoms with Crippen LogP contribution in [0.4, 0.5) is 5.69 Å². The summed E-state index contributed by atoms with van der Waals surface area (Å²) >= 11 is 5.62. The zero-order chi connectivity index (χ0) is 8.27. The van der Waals surface area contributed by atoms with Gasteiger partial charge in [-0.05, 0) is 6.07 Å². The molecule has 1 rings (SSSR count). The SMILES string of the molecule is [C-]#[N+]c1ccc(Cl)c(C=O)c1. The fourth-order valence-corrected chi connectivity index (χ4v) is 0.853. The van der Waals surface area contributed by atoms with Crippen molar-refractivity contribution in [1.29, 1.82) is 0 Å². The molecule has 0 heterocycles. The van der Waals surface area contributed by atoms with Gasteiger partial charge in [0.05, 0.1) is 6.57 Å². The average Bonchev–Trinajstić information content (AvgIpc) is 2.05. The number of carbonyl (C=O) groups is 1. The first-order valence-electron chi connectivity index (χ1n) is 2.90. The molecule has 0 bridgehead atoms. The highest BCUT2D eigenvalue weighted by Crippen LogP contribution is 2.20. The first-order valence-corrected chi connectivity index (χ1v) is 3.28. The molecule has 0 radical (unpaired) electrons. The Kier molecular flexibility index (Phi) is 2.25. The lowest BCUT2D eigenvalue weighted by Gasteiger charge is -1.94. The van der Waals surface area contributed by atoms with Crippen molar-refractivity contribution >= 4 is 23.6 Å². The molecule has 1 aromatic rings. The molecular weight excluding hydrogens is 162 g/mol. The molecule has 0 spiro atoms. The maximum Gasteiger partial charge on any atom is 0.188 e. The number of hydrogen-bond acceptors (Lipinski definition) is 1. The highest BCUT2D eigenvalue weighted by Gasteiger charge is 1.98. The van der Waals surface area contributed by atoms with Gasteiger partial charge in [0.2, 0.25) is 0 Å². The van der Waals surface area contributed by atoms with Crippen molar-refractivity contribution in [1.82, 2.24) is 0 Å². The van der Waals surface area contributed by atoms with Gasteiger partial charge in [0, 0.05) is 10.6 Å². The number of nitrogens with zero attached hydrogens (tertiary/aromatic N) is 1. The molecular formula is C8H4ClNO. The molecule has 0 aliphatic carbocycles. The second-order valence-electron chi connectivity index (χ2n) is 1.94. The van der Waals surface area contributed by atoms with Crippen molar-refractivity contribution in [2.45, 2.75) is 0 Å². The predicted molar refractivity (Wildman–Crippen MR) is 43.1 cm³/mol. The summed E-state index contributed by atoms with van der Waals surface area (Å²) in [6.45, 7) is 6.65. The number of carbonyl (C=O) groups excluding carboxylic acids is 1. The third-order valence-electron chi connectivity index (χ3n) is 1.24. The van der Waals surface area contributed by atoms with Crippen LogP contribution in [0.3, 0.4) is 0 Å². The van der Waals surface area contributed by atoms with E-state index in [1.165, 1.54) is 6.07 Å². The van der Waals surface area contributed by atoms with Gasteiger partial charge in [-0.2, -0.15) is 0 Å². The number of benzene rings is 1.